The summed E-state index contributed by atoms with van der Waals surface area (Å²) in [4.78, 5) is 23.6. The largest absolute Gasteiger partial charge is 0.490 e. The molecule has 1 aromatic rings. The minimum Gasteiger partial charge on any atom is -0.475 e. The molecule has 3 atom stereocenters. The third kappa shape index (κ3) is 6.21. The zero-order valence-electron chi connectivity index (χ0n) is 16.8. The molecule has 0 unspecified atom stereocenters. The van der Waals surface area contributed by atoms with Gasteiger partial charge in [0, 0.05) is 19.1 Å². The summed E-state index contributed by atoms with van der Waals surface area (Å²) < 4.78 is 43.5. The van der Waals surface area contributed by atoms with E-state index in [9.17, 15) is 18.0 Å². The monoisotopic (exact) mass is 432 g/mol. The number of amides is 1. The molecule has 1 saturated carbocycles. The molecule has 4 rings (SSSR count). The maximum Gasteiger partial charge on any atom is 0.490 e. The van der Waals surface area contributed by atoms with Gasteiger partial charge in [0.15, 0.2) is 0 Å². The van der Waals surface area contributed by atoms with Gasteiger partial charge in [-0.15, -0.1) is 0 Å². The van der Waals surface area contributed by atoms with Crippen LogP contribution in [-0.4, -0.2) is 59.4 Å². The first kappa shape index (κ1) is 22.6. The number of nitrogens with one attached hydrogen (secondary N) is 1. The number of fused-ring (bicyclic) bond motifs is 1. The Morgan fingerprint density at radius 3 is 2.47 bits per heavy atom. The average Bonchev–Trinajstić information content (AvgIpc) is 3.30. The molecule has 168 valence electrons. The summed E-state index contributed by atoms with van der Waals surface area (Å²) in [6.07, 6.45) is 0.251. The summed E-state index contributed by atoms with van der Waals surface area (Å²) in [6.45, 7) is 4.67. The predicted octanol–water partition coefficient (Wildman–Crippen LogP) is 2.87. The van der Waals surface area contributed by atoms with Crippen LogP contribution in [0.25, 0.3) is 0 Å². The number of hydrogen-bond donors (Lipinski definition) is 2. The van der Waals surface area contributed by atoms with Crippen molar-refractivity contribution in [1.82, 2.24) is 10.2 Å². The van der Waals surface area contributed by atoms with Gasteiger partial charge in [0.2, 0.25) is 5.91 Å². The Hall–Kier alpha value is -2.07. The molecule has 0 bridgehead atoms. The number of hydrogen-bond acceptors (Lipinski definition) is 5. The highest BCUT2D eigenvalue weighted by Crippen LogP contribution is 2.33. The summed E-state index contributed by atoms with van der Waals surface area (Å²) in [5, 5.41) is 10.2. The van der Waals surface area contributed by atoms with Gasteiger partial charge in [0.25, 0.3) is 0 Å². The molecule has 7 nitrogen and oxygen atoms in total. The molecule has 10 heteroatoms. The van der Waals surface area contributed by atoms with Gasteiger partial charge in [0.05, 0.1) is 12.6 Å². The normalized spacial score (nSPS) is 26.5. The smallest absolute Gasteiger partial charge is 0.475 e. The fourth-order valence-corrected chi connectivity index (χ4v) is 3.85. The molecular weight excluding hydrogens is 405 g/mol. The van der Waals surface area contributed by atoms with Gasteiger partial charge in [-0.05, 0) is 57.1 Å². The van der Waals surface area contributed by atoms with E-state index in [1.165, 1.54) is 12.8 Å². The summed E-state index contributed by atoms with van der Waals surface area (Å²) in [5.41, 5.74) is 0. The third-order valence-corrected chi connectivity index (χ3v) is 5.61. The SMILES string of the molecule is Cc1ccc(CN2CC[C@H]3O[C@@H](C(=O)NCC4CC4)CC[C@H]32)o1.O=C(O)C(F)(F)F. The number of ether oxygens (including phenoxy) is 1. The van der Waals surface area contributed by atoms with Crippen LogP contribution in [0.5, 0.6) is 0 Å². The highest BCUT2D eigenvalue weighted by atomic mass is 19.4. The van der Waals surface area contributed by atoms with Crippen molar-refractivity contribution in [3.8, 4) is 0 Å². The predicted molar refractivity (Wildman–Crippen MR) is 99.6 cm³/mol. The number of alkyl halides is 3. The van der Waals surface area contributed by atoms with Gasteiger partial charge in [-0.2, -0.15) is 13.2 Å². The number of carbonyl (C=O) groups excluding carboxylic acids is 1. The highest BCUT2D eigenvalue weighted by molar-refractivity contribution is 5.80. The Morgan fingerprint density at radius 1 is 1.20 bits per heavy atom. The van der Waals surface area contributed by atoms with Gasteiger partial charge in [-0.25, -0.2) is 4.79 Å². The number of aliphatic carboxylic acids is 1. The Labute approximate surface area is 172 Å². The van der Waals surface area contributed by atoms with Gasteiger partial charge >= 0.3 is 12.1 Å². The van der Waals surface area contributed by atoms with E-state index in [2.05, 4.69) is 16.3 Å². The Bertz CT molecular complexity index is 747. The van der Waals surface area contributed by atoms with Crippen LogP contribution in [0, 0.1) is 12.8 Å². The number of furan rings is 1. The lowest BCUT2D eigenvalue weighted by Gasteiger charge is -2.35. The van der Waals surface area contributed by atoms with E-state index < -0.39 is 12.1 Å². The fraction of sp³-hybridized carbons (Fsp3) is 0.700. The van der Waals surface area contributed by atoms with E-state index in [4.69, 9.17) is 19.1 Å². The standard InChI is InChI=1S/C18H26N2O3.C2HF3O2/c1-12-2-5-14(22-12)11-20-9-8-16-15(20)6-7-17(23-16)18(21)19-10-13-3-4-13;3-2(4,5)1(6)7/h2,5,13,15-17H,3-4,6-11H2,1H3,(H,19,21);(H,6,7)/t15-,16-,17-;/m1./s1. The second kappa shape index (κ2) is 9.38. The number of carboxylic acid groups (broad SMARTS) is 1. The number of carboxylic acids is 1. The van der Waals surface area contributed by atoms with Crippen molar-refractivity contribution in [3.63, 3.8) is 0 Å². The third-order valence-electron chi connectivity index (χ3n) is 5.61. The molecular formula is C20H27F3N2O5. The van der Waals surface area contributed by atoms with Crippen LogP contribution in [0.4, 0.5) is 13.2 Å². The van der Waals surface area contributed by atoms with Gasteiger partial charge in [0.1, 0.15) is 17.6 Å². The number of aryl methyl sites for hydroxylation is 1. The van der Waals surface area contributed by atoms with Crippen molar-refractivity contribution in [2.45, 2.75) is 70.0 Å². The molecule has 30 heavy (non-hydrogen) atoms. The topological polar surface area (TPSA) is 92.0 Å². The molecule has 1 aromatic heterocycles. The van der Waals surface area contributed by atoms with Crippen molar-refractivity contribution >= 4 is 11.9 Å². The average molecular weight is 432 g/mol. The zero-order chi connectivity index (χ0) is 21.9. The molecule has 0 aromatic carbocycles. The van der Waals surface area contributed by atoms with Crippen LogP contribution in [0.15, 0.2) is 16.5 Å². The Kier molecular flexibility index (Phi) is 7.07. The molecule has 0 spiro atoms. The molecule has 2 aliphatic heterocycles. The van der Waals surface area contributed by atoms with Gasteiger partial charge in [-0.3, -0.25) is 9.69 Å². The van der Waals surface area contributed by atoms with Crippen LogP contribution in [0.1, 0.15) is 43.6 Å². The first-order chi connectivity index (χ1) is 14.1. The summed E-state index contributed by atoms with van der Waals surface area (Å²) in [7, 11) is 0. The zero-order valence-corrected chi connectivity index (χ0v) is 16.8. The van der Waals surface area contributed by atoms with Crippen molar-refractivity contribution in [2.24, 2.45) is 5.92 Å². The molecule has 0 radical (unpaired) electrons. The summed E-state index contributed by atoms with van der Waals surface area (Å²) in [6, 6.07) is 4.49. The van der Waals surface area contributed by atoms with E-state index in [0.717, 1.165) is 50.4 Å². The minimum absolute atomic E-state index is 0.0930. The summed E-state index contributed by atoms with van der Waals surface area (Å²) >= 11 is 0. The number of rotatable bonds is 5. The Balaban J connectivity index is 0.000000318. The number of likely N-dealkylation sites (tertiary alicyclic amines) is 1. The van der Waals surface area contributed by atoms with E-state index in [-0.39, 0.29) is 18.1 Å². The fourth-order valence-electron chi connectivity index (χ4n) is 3.85. The molecule has 3 heterocycles. The first-order valence-electron chi connectivity index (χ1n) is 10.2. The quantitative estimate of drug-likeness (QED) is 0.744. The van der Waals surface area contributed by atoms with Crippen molar-refractivity contribution in [3.05, 3.63) is 23.7 Å². The highest BCUT2D eigenvalue weighted by Gasteiger charge is 2.42. The van der Waals surface area contributed by atoms with E-state index in [1.54, 1.807) is 0 Å². The molecule has 1 aliphatic carbocycles. The number of halogens is 3. The van der Waals surface area contributed by atoms with Gasteiger partial charge in [-0.1, -0.05) is 0 Å². The van der Waals surface area contributed by atoms with Gasteiger partial charge < -0.3 is 19.6 Å². The summed E-state index contributed by atoms with van der Waals surface area (Å²) in [5.74, 6) is 0.0347. The van der Waals surface area contributed by atoms with E-state index in [0.29, 0.717) is 12.0 Å². The lowest BCUT2D eigenvalue weighted by atomic mass is 9.98. The maximum atomic E-state index is 12.2. The minimum atomic E-state index is -5.08. The first-order valence-corrected chi connectivity index (χ1v) is 10.2. The van der Waals surface area contributed by atoms with Crippen LogP contribution >= 0.6 is 0 Å². The molecule has 2 saturated heterocycles. The lowest BCUT2D eigenvalue weighted by molar-refractivity contribution is -0.192. The molecule has 1 amide bonds. The molecule has 3 fully saturated rings. The second-order valence-electron chi connectivity index (χ2n) is 8.07. The van der Waals surface area contributed by atoms with Crippen molar-refractivity contribution in [1.29, 1.82) is 0 Å². The van der Waals surface area contributed by atoms with Crippen molar-refractivity contribution < 1.29 is 37.0 Å². The molecule has 2 N–H and O–H groups in total. The van der Waals surface area contributed by atoms with E-state index >= 15 is 0 Å². The van der Waals surface area contributed by atoms with Crippen molar-refractivity contribution in [2.75, 3.05) is 13.1 Å². The maximum absolute atomic E-state index is 12.2. The van der Waals surface area contributed by atoms with E-state index in [1.807, 2.05) is 13.0 Å². The second-order valence-corrected chi connectivity index (χ2v) is 8.07. The Morgan fingerprint density at radius 2 is 1.90 bits per heavy atom. The van der Waals surface area contributed by atoms with Crippen LogP contribution in [-0.2, 0) is 20.9 Å². The van der Waals surface area contributed by atoms with Crippen LogP contribution in [0.3, 0.4) is 0 Å². The number of carbonyl (C=O) groups is 2. The lowest BCUT2D eigenvalue weighted by Crippen LogP contribution is -2.47. The van der Waals surface area contributed by atoms with Crippen LogP contribution in [0.2, 0.25) is 0 Å². The number of nitrogens with zero attached hydrogens (tertiary/aromatic N) is 1. The molecule has 3 aliphatic rings. The van der Waals surface area contributed by atoms with Crippen LogP contribution < -0.4 is 5.32 Å².